The van der Waals surface area contributed by atoms with Crippen molar-refractivity contribution < 1.29 is 4.74 Å². The van der Waals surface area contributed by atoms with Gasteiger partial charge in [-0.15, -0.1) is 22.7 Å². The standard InChI is InChI=1S/C13H17N3OS2/c1-14-13-15-9(7-18-13)12-11(8-3-4-8)16-10(19-12)5-6-17-2/h7-8H,3-6H2,1-2H3,(H,14,15). The lowest BCUT2D eigenvalue weighted by atomic mass is 10.2. The highest BCUT2D eigenvalue weighted by Crippen LogP contribution is 2.46. The maximum atomic E-state index is 5.14. The fourth-order valence-electron chi connectivity index (χ4n) is 1.98. The van der Waals surface area contributed by atoms with Crippen LogP contribution < -0.4 is 5.32 Å². The highest BCUT2D eigenvalue weighted by atomic mass is 32.1. The first-order valence-corrected chi connectivity index (χ1v) is 8.13. The van der Waals surface area contributed by atoms with Crippen molar-refractivity contribution in [2.45, 2.75) is 25.2 Å². The molecule has 1 fully saturated rings. The summed E-state index contributed by atoms with van der Waals surface area (Å²) in [6, 6.07) is 0. The summed E-state index contributed by atoms with van der Waals surface area (Å²) in [4.78, 5) is 10.7. The largest absolute Gasteiger partial charge is 0.384 e. The molecule has 3 rings (SSSR count). The lowest BCUT2D eigenvalue weighted by Crippen LogP contribution is -1.93. The van der Waals surface area contributed by atoms with Crippen LogP contribution in [0.3, 0.4) is 0 Å². The molecular weight excluding hydrogens is 278 g/mol. The maximum absolute atomic E-state index is 5.14. The normalized spacial score (nSPS) is 14.8. The van der Waals surface area contributed by atoms with Gasteiger partial charge in [-0.2, -0.15) is 0 Å². The number of ether oxygens (including phenoxy) is 1. The van der Waals surface area contributed by atoms with Crippen LogP contribution in [-0.4, -0.2) is 30.7 Å². The first-order chi connectivity index (χ1) is 9.31. The number of rotatable bonds is 6. The Labute approximate surface area is 120 Å². The molecule has 0 aromatic carbocycles. The molecule has 1 saturated carbocycles. The molecule has 1 aliphatic carbocycles. The summed E-state index contributed by atoms with van der Waals surface area (Å²) >= 11 is 3.41. The van der Waals surface area contributed by atoms with E-state index in [0.717, 1.165) is 28.9 Å². The average molecular weight is 295 g/mol. The van der Waals surface area contributed by atoms with Crippen molar-refractivity contribution in [2.24, 2.45) is 0 Å². The summed E-state index contributed by atoms with van der Waals surface area (Å²) in [5.74, 6) is 0.655. The third kappa shape index (κ3) is 2.80. The van der Waals surface area contributed by atoms with E-state index in [4.69, 9.17) is 9.72 Å². The Morgan fingerprint density at radius 2 is 2.26 bits per heavy atom. The summed E-state index contributed by atoms with van der Waals surface area (Å²) < 4.78 is 5.14. The first kappa shape index (κ1) is 13.0. The van der Waals surface area contributed by atoms with Gasteiger partial charge in [-0.1, -0.05) is 0 Å². The quantitative estimate of drug-likeness (QED) is 0.887. The van der Waals surface area contributed by atoms with Crippen LogP contribution in [-0.2, 0) is 11.2 Å². The van der Waals surface area contributed by atoms with Gasteiger partial charge >= 0.3 is 0 Å². The van der Waals surface area contributed by atoms with Crippen molar-refractivity contribution in [2.75, 3.05) is 26.1 Å². The average Bonchev–Trinajstić information content (AvgIpc) is 3.02. The lowest BCUT2D eigenvalue weighted by Gasteiger charge is -1.95. The molecule has 1 N–H and O–H groups in total. The van der Waals surface area contributed by atoms with Crippen LogP contribution in [0.25, 0.3) is 10.6 Å². The molecule has 0 radical (unpaired) electrons. The third-order valence-electron chi connectivity index (χ3n) is 3.13. The molecule has 19 heavy (non-hydrogen) atoms. The molecule has 0 saturated heterocycles. The van der Waals surface area contributed by atoms with Crippen LogP contribution in [0.15, 0.2) is 5.38 Å². The Hall–Kier alpha value is -0.980. The predicted octanol–water partition coefficient (Wildman–Crippen LogP) is 3.37. The van der Waals surface area contributed by atoms with E-state index in [1.807, 2.05) is 7.05 Å². The van der Waals surface area contributed by atoms with Crippen molar-refractivity contribution in [3.05, 3.63) is 16.1 Å². The van der Waals surface area contributed by atoms with Crippen molar-refractivity contribution in [3.63, 3.8) is 0 Å². The molecule has 0 bridgehead atoms. The lowest BCUT2D eigenvalue weighted by molar-refractivity contribution is 0.202. The molecule has 4 nitrogen and oxygen atoms in total. The molecule has 102 valence electrons. The minimum Gasteiger partial charge on any atom is -0.384 e. The Morgan fingerprint density at radius 3 is 2.89 bits per heavy atom. The van der Waals surface area contributed by atoms with E-state index in [1.54, 1.807) is 29.8 Å². The molecule has 0 amide bonds. The number of methoxy groups -OCH3 is 1. The van der Waals surface area contributed by atoms with Crippen LogP contribution in [0.5, 0.6) is 0 Å². The summed E-state index contributed by atoms with van der Waals surface area (Å²) in [5, 5.41) is 7.34. The third-order valence-corrected chi connectivity index (χ3v) is 5.15. The van der Waals surface area contributed by atoms with Crippen LogP contribution in [0, 0.1) is 0 Å². The zero-order chi connectivity index (χ0) is 13.2. The molecule has 0 unspecified atom stereocenters. The Morgan fingerprint density at radius 1 is 1.42 bits per heavy atom. The van der Waals surface area contributed by atoms with E-state index in [2.05, 4.69) is 15.7 Å². The Balaban J connectivity index is 1.91. The van der Waals surface area contributed by atoms with Crippen molar-refractivity contribution >= 4 is 27.8 Å². The van der Waals surface area contributed by atoms with E-state index >= 15 is 0 Å². The van der Waals surface area contributed by atoms with Crippen molar-refractivity contribution in [1.82, 2.24) is 9.97 Å². The highest BCUT2D eigenvalue weighted by molar-refractivity contribution is 7.16. The van der Waals surface area contributed by atoms with Gasteiger partial charge in [0.2, 0.25) is 0 Å². The molecule has 0 atom stereocenters. The van der Waals surface area contributed by atoms with Gasteiger partial charge in [-0.3, -0.25) is 0 Å². The number of thiazole rings is 2. The zero-order valence-corrected chi connectivity index (χ0v) is 12.7. The molecule has 0 aliphatic heterocycles. The fourth-order valence-corrected chi connectivity index (χ4v) is 3.81. The van der Waals surface area contributed by atoms with Crippen molar-refractivity contribution in [3.8, 4) is 10.6 Å². The van der Waals surface area contributed by atoms with Crippen molar-refractivity contribution in [1.29, 1.82) is 0 Å². The van der Waals surface area contributed by atoms with Gasteiger partial charge in [0.25, 0.3) is 0 Å². The number of hydrogen-bond acceptors (Lipinski definition) is 6. The smallest absolute Gasteiger partial charge is 0.182 e. The van der Waals surface area contributed by atoms with Crippen LogP contribution in [0.2, 0.25) is 0 Å². The van der Waals surface area contributed by atoms with Crippen LogP contribution in [0.1, 0.15) is 29.5 Å². The Kier molecular flexibility index (Phi) is 3.81. The topological polar surface area (TPSA) is 47.0 Å². The Bertz CT molecular complexity index is 560. The zero-order valence-electron chi connectivity index (χ0n) is 11.1. The van der Waals surface area contributed by atoms with Gasteiger partial charge in [0.1, 0.15) is 0 Å². The van der Waals surface area contributed by atoms with Gasteiger partial charge < -0.3 is 10.1 Å². The molecule has 1 aliphatic rings. The van der Waals surface area contributed by atoms with Crippen LogP contribution in [0.4, 0.5) is 5.13 Å². The molecule has 0 spiro atoms. The SMILES string of the molecule is CNc1nc(-c2sc(CCOC)nc2C2CC2)cs1. The molecule has 2 heterocycles. The minimum absolute atomic E-state index is 0.655. The summed E-state index contributed by atoms with van der Waals surface area (Å²) in [5.41, 5.74) is 2.32. The minimum atomic E-state index is 0.655. The number of hydrogen-bond donors (Lipinski definition) is 1. The number of nitrogens with one attached hydrogen (secondary N) is 1. The molecular formula is C13H17N3OS2. The van der Waals surface area contributed by atoms with Gasteiger partial charge in [0.15, 0.2) is 5.13 Å². The van der Waals surface area contributed by atoms with E-state index < -0.39 is 0 Å². The van der Waals surface area contributed by atoms with E-state index in [9.17, 15) is 0 Å². The van der Waals surface area contributed by atoms with Crippen LogP contribution >= 0.6 is 22.7 Å². The maximum Gasteiger partial charge on any atom is 0.182 e. The molecule has 2 aromatic heterocycles. The van der Waals surface area contributed by atoms with E-state index in [1.165, 1.54) is 23.4 Å². The second-order valence-electron chi connectivity index (χ2n) is 4.63. The number of nitrogens with zero attached hydrogens (tertiary/aromatic N) is 2. The first-order valence-electron chi connectivity index (χ1n) is 6.44. The summed E-state index contributed by atoms with van der Waals surface area (Å²) in [7, 11) is 3.64. The number of aromatic nitrogens is 2. The second kappa shape index (κ2) is 5.56. The summed E-state index contributed by atoms with van der Waals surface area (Å²) in [6.07, 6.45) is 3.43. The van der Waals surface area contributed by atoms with Gasteiger partial charge in [-0.05, 0) is 12.8 Å². The predicted molar refractivity (Wildman–Crippen MR) is 80.3 cm³/mol. The van der Waals surface area contributed by atoms with Gasteiger partial charge in [-0.25, -0.2) is 9.97 Å². The summed E-state index contributed by atoms with van der Waals surface area (Å²) in [6.45, 7) is 0.732. The second-order valence-corrected chi connectivity index (χ2v) is 6.57. The van der Waals surface area contributed by atoms with Gasteiger partial charge in [0.05, 0.1) is 27.9 Å². The fraction of sp³-hybridized carbons (Fsp3) is 0.538. The monoisotopic (exact) mass is 295 g/mol. The highest BCUT2D eigenvalue weighted by Gasteiger charge is 2.30. The number of anilines is 1. The molecule has 2 aromatic rings. The van der Waals surface area contributed by atoms with E-state index in [0.29, 0.717) is 5.92 Å². The van der Waals surface area contributed by atoms with E-state index in [-0.39, 0.29) is 0 Å². The van der Waals surface area contributed by atoms with Gasteiger partial charge in [0, 0.05) is 31.9 Å². The molecule has 6 heteroatoms.